The standard InChI is InChI=1S/C18H28N2O2/c1-14-5-4-12-20(17(14)13-19)18(21)7-3-6-15-8-10-16(22-2)11-9-15/h8-11,14,17H,3-7,12-13,19H2,1-2H3/t14-,17+/m0/s1. The number of hydrogen-bond donors (Lipinski definition) is 1. The van der Waals surface area contributed by atoms with Crippen LogP contribution in [0, 0.1) is 5.92 Å². The Bertz CT molecular complexity index is 472. The van der Waals surface area contributed by atoms with E-state index in [-0.39, 0.29) is 11.9 Å². The van der Waals surface area contributed by atoms with E-state index in [0.29, 0.717) is 18.9 Å². The van der Waals surface area contributed by atoms with E-state index in [4.69, 9.17) is 10.5 Å². The molecule has 2 N–H and O–H groups in total. The minimum Gasteiger partial charge on any atom is -0.497 e. The van der Waals surface area contributed by atoms with Gasteiger partial charge in [-0.15, -0.1) is 0 Å². The van der Waals surface area contributed by atoms with E-state index in [1.807, 2.05) is 17.0 Å². The highest BCUT2D eigenvalue weighted by molar-refractivity contribution is 5.76. The Labute approximate surface area is 133 Å². The molecule has 1 saturated heterocycles. The number of rotatable bonds is 6. The van der Waals surface area contributed by atoms with Crippen molar-refractivity contribution >= 4 is 5.91 Å². The van der Waals surface area contributed by atoms with Gasteiger partial charge in [-0.2, -0.15) is 0 Å². The van der Waals surface area contributed by atoms with Gasteiger partial charge in [0.1, 0.15) is 5.75 Å². The highest BCUT2D eigenvalue weighted by Gasteiger charge is 2.30. The number of nitrogens with zero attached hydrogens (tertiary/aromatic N) is 1. The quantitative estimate of drug-likeness (QED) is 0.879. The summed E-state index contributed by atoms with van der Waals surface area (Å²) in [6.07, 6.45) is 4.69. The smallest absolute Gasteiger partial charge is 0.222 e. The predicted molar refractivity (Wildman–Crippen MR) is 88.9 cm³/mol. The first-order valence-corrected chi connectivity index (χ1v) is 8.28. The molecule has 0 bridgehead atoms. The molecule has 1 heterocycles. The molecule has 0 aliphatic carbocycles. The van der Waals surface area contributed by atoms with Crippen molar-refractivity contribution < 1.29 is 9.53 Å². The summed E-state index contributed by atoms with van der Waals surface area (Å²) in [6.45, 7) is 3.65. The molecular formula is C18H28N2O2. The van der Waals surface area contributed by atoms with E-state index < -0.39 is 0 Å². The molecule has 1 amide bonds. The highest BCUT2D eigenvalue weighted by atomic mass is 16.5. The van der Waals surface area contributed by atoms with Crippen molar-refractivity contribution in [2.45, 2.75) is 45.1 Å². The summed E-state index contributed by atoms with van der Waals surface area (Å²) in [4.78, 5) is 14.5. The van der Waals surface area contributed by atoms with Crippen LogP contribution in [0.2, 0.25) is 0 Å². The minimum atomic E-state index is 0.224. The molecular weight excluding hydrogens is 276 g/mol. The molecule has 0 aromatic heterocycles. The lowest BCUT2D eigenvalue weighted by Gasteiger charge is -2.39. The van der Waals surface area contributed by atoms with Gasteiger partial charge in [-0.05, 0) is 49.3 Å². The third-order valence-electron chi connectivity index (χ3n) is 4.69. The number of hydrogen-bond acceptors (Lipinski definition) is 3. The van der Waals surface area contributed by atoms with Crippen molar-refractivity contribution in [3.05, 3.63) is 29.8 Å². The number of amides is 1. The number of ether oxygens (including phenoxy) is 1. The Morgan fingerprint density at radius 1 is 1.36 bits per heavy atom. The molecule has 1 fully saturated rings. The van der Waals surface area contributed by atoms with Crippen LogP contribution in [-0.4, -0.2) is 37.0 Å². The maximum atomic E-state index is 12.5. The maximum Gasteiger partial charge on any atom is 0.222 e. The number of benzene rings is 1. The van der Waals surface area contributed by atoms with E-state index in [1.54, 1.807) is 7.11 Å². The average Bonchev–Trinajstić information content (AvgIpc) is 2.55. The Morgan fingerprint density at radius 3 is 2.73 bits per heavy atom. The summed E-state index contributed by atoms with van der Waals surface area (Å²) < 4.78 is 5.15. The van der Waals surface area contributed by atoms with E-state index in [9.17, 15) is 4.79 Å². The lowest BCUT2D eigenvalue weighted by molar-refractivity contribution is -0.136. The number of piperidine rings is 1. The number of methoxy groups -OCH3 is 1. The first-order valence-electron chi connectivity index (χ1n) is 8.28. The van der Waals surface area contributed by atoms with Crippen LogP contribution in [0.15, 0.2) is 24.3 Å². The van der Waals surface area contributed by atoms with Gasteiger partial charge < -0.3 is 15.4 Å². The highest BCUT2D eigenvalue weighted by Crippen LogP contribution is 2.23. The van der Waals surface area contributed by atoms with Crippen molar-refractivity contribution in [1.82, 2.24) is 4.90 Å². The fourth-order valence-corrected chi connectivity index (χ4v) is 3.30. The zero-order chi connectivity index (χ0) is 15.9. The van der Waals surface area contributed by atoms with Gasteiger partial charge in [0.15, 0.2) is 0 Å². The molecule has 1 aromatic carbocycles. The summed E-state index contributed by atoms with van der Waals surface area (Å²) in [5, 5.41) is 0. The van der Waals surface area contributed by atoms with Crippen molar-refractivity contribution in [2.24, 2.45) is 11.7 Å². The molecule has 2 rings (SSSR count). The molecule has 0 radical (unpaired) electrons. The molecule has 22 heavy (non-hydrogen) atoms. The number of carbonyl (C=O) groups is 1. The van der Waals surface area contributed by atoms with Gasteiger partial charge >= 0.3 is 0 Å². The molecule has 1 aliphatic rings. The third kappa shape index (κ3) is 4.23. The summed E-state index contributed by atoms with van der Waals surface area (Å²) in [6, 6.07) is 8.29. The van der Waals surface area contributed by atoms with Crippen LogP contribution < -0.4 is 10.5 Å². The normalized spacial score (nSPS) is 21.7. The van der Waals surface area contributed by atoms with Gasteiger partial charge in [0.25, 0.3) is 0 Å². The fraction of sp³-hybridized carbons (Fsp3) is 0.611. The minimum absolute atomic E-state index is 0.224. The Hall–Kier alpha value is -1.55. The maximum absolute atomic E-state index is 12.5. The number of likely N-dealkylation sites (tertiary alicyclic amines) is 1. The van der Waals surface area contributed by atoms with Gasteiger partial charge in [-0.3, -0.25) is 4.79 Å². The monoisotopic (exact) mass is 304 g/mol. The molecule has 1 aliphatic heterocycles. The molecule has 0 unspecified atom stereocenters. The van der Waals surface area contributed by atoms with E-state index in [1.165, 1.54) is 12.0 Å². The van der Waals surface area contributed by atoms with Gasteiger partial charge in [0, 0.05) is 25.6 Å². The molecule has 1 aromatic rings. The van der Waals surface area contributed by atoms with Gasteiger partial charge in [-0.1, -0.05) is 19.1 Å². The van der Waals surface area contributed by atoms with Crippen molar-refractivity contribution in [3.63, 3.8) is 0 Å². The number of aryl methyl sites for hydroxylation is 1. The number of carbonyl (C=O) groups excluding carboxylic acids is 1. The second-order valence-electron chi connectivity index (χ2n) is 6.21. The molecule has 4 heteroatoms. The topological polar surface area (TPSA) is 55.6 Å². The first-order chi connectivity index (χ1) is 10.7. The number of nitrogens with two attached hydrogens (primary N) is 1. The van der Waals surface area contributed by atoms with Gasteiger partial charge in [-0.25, -0.2) is 0 Å². The van der Waals surface area contributed by atoms with Crippen LogP contribution in [0.1, 0.15) is 38.2 Å². The summed E-state index contributed by atoms with van der Waals surface area (Å²) in [7, 11) is 1.67. The predicted octanol–water partition coefficient (Wildman–Crippen LogP) is 2.60. The zero-order valence-corrected chi connectivity index (χ0v) is 13.8. The average molecular weight is 304 g/mol. The largest absolute Gasteiger partial charge is 0.497 e. The van der Waals surface area contributed by atoms with E-state index >= 15 is 0 Å². The molecule has 0 saturated carbocycles. The Morgan fingerprint density at radius 2 is 2.09 bits per heavy atom. The van der Waals surface area contributed by atoms with Crippen molar-refractivity contribution in [3.8, 4) is 5.75 Å². The second kappa shape index (κ2) is 8.18. The molecule has 4 nitrogen and oxygen atoms in total. The summed E-state index contributed by atoms with van der Waals surface area (Å²) >= 11 is 0. The van der Waals surface area contributed by atoms with Crippen LogP contribution in [0.4, 0.5) is 0 Å². The lowest BCUT2D eigenvalue weighted by atomic mass is 9.90. The van der Waals surface area contributed by atoms with Crippen molar-refractivity contribution in [2.75, 3.05) is 20.2 Å². The van der Waals surface area contributed by atoms with Crippen LogP contribution in [0.5, 0.6) is 5.75 Å². The summed E-state index contributed by atoms with van der Waals surface area (Å²) in [5.74, 6) is 1.65. The van der Waals surface area contributed by atoms with Crippen LogP contribution in [-0.2, 0) is 11.2 Å². The van der Waals surface area contributed by atoms with E-state index in [2.05, 4.69) is 19.1 Å². The van der Waals surface area contributed by atoms with Gasteiger partial charge in [0.2, 0.25) is 5.91 Å². The van der Waals surface area contributed by atoms with Crippen molar-refractivity contribution in [1.29, 1.82) is 0 Å². The van der Waals surface area contributed by atoms with Crippen LogP contribution in [0.25, 0.3) is 0 Å². The third-order valence-corrected chi connectivity index (χ3v) is 4.69. The van der Waals surface area contributed by atoms with Crippen LogP contribution >= 0.6 is 0 Å². The van der Waals surface area contributed by atoms with E-state index in [0.717, 1.165) is 31.6 Å². The Balaban J connectivity index is 1.81. The SMILES string of the molecule is COc1ccc(CCCC(=O)N2CCC[C@H](C)[C@H]2CN)cc1. The summed E-state index contributed by atoms with van der Waals surface area (Å²) in [5.41, 5.74) is 7.11. The van der Waals surface area contributed by atoms with Gasteiger partial charge in [0.05, 0.1) is 7.11 Å². The zero-order valence-electron chi connectivity index (χ0n) is 13.8. The second-order valence-corrected chi connectivity index (χ2v) is 6.21. The first kappa shape index (κ1) is 16.8. The Kier molecular flexibility index (Phi) is 6.25. The van der Waals surface area contributed by atoms with Crippen LogP contribution in [0.3, 0.4) is 0 Å². The fourth-order valence-electron chi connectivity index (χ4n) is 3.30. The lowest BCUT2D eigenvalue weighted by Crippen LogP contribution is -2.51. The molecule has 122 valence electrons. The molecule has 0 spiro atoms. The molecule has 2 atom stereocenters.